The van der Waals surface area contributed by atoms with Gasteiger partial charge in [0, 0.05) is 5.56 Å². The second-order valence-electron chi connectivity index (χ2n) is 5.00. The summed E-state index contributed by atoms with van der Waals surface area (Å²) >= 11 is 0. The molecule has 0 radical (unpaired) electrons. The zero-order valence-electron chi connectivity index (χ0n) is 11.3. The highest BCUT2D eigenvalue weighted by atomic mass is 19.3. The third-order valence-corrected chi connectivity index (χ3v) is 3.54. The van der Waals surface area contributed by atoms with Gasteiger partial charge in [-0.15, -0.1) is 0 Å². The summed E-state index contributed by atoms with van der Waals surface area (Å²) < 4.78 is 29.1. The number of carboxylic acid groups (broad SMARTS) is 1. The molecule has 1 aromatic rings. The van der Waals surface area contributed by atoms with Crippen molar-refractivity contribution >= 4 is 11.9 Å². The van der Waals surface area contributed by atoms with Crippen LogP contribution in [0.4, 0.5) is 8.78 Å². The van der Waals surface area contributed by atoms with Gasteiger partial charge in [-0.05, 0) is 25.8 Å². The number of hydrogen-bond donors (Lipinski definition) is 2. The van der Waals surface area contributed by atoms with Gasteiger partial charge in [0.2, 0.25) is 5.91 Å². The smallest absolute Gasteiger partial charge is 0.387 e. The molecule has 1 aromatic carbocycles. The Balaban J connectivity index is 2.12. The minimum Gasteiger partial charge on any atom is -0.480 e. The number of carbonyl (C=O) groups excluding carboxylic acids is 1. The molecule has 0 saturated heterocycles. The van der Waals surface area contributed by atoms with E-state index in [4.69, 9.17) is 5.11 Å². The van der Waals surface area contributed by atoms with E-state index < -0.39 is 29.9 Å². The predicted molar refractivity (Wildman–Crippen MR) is 68.9 cm³/mol. The lowest BCUT2D eigenvalue weighted by atomic mass is 10.0. The molecule has 2 rings (SSSR count). The molecular formula is C14H15F2NO4. The van der Waals surface area contributed by atoms with E-state index in [2.05, 4.69) is 10.1 Å². The van der Waals surface area contributed by atoms with Crippen LogP contribution in [0.5, 0.6) is 5.75 Å². The molecular weight excluding hydrogens is 284 g/mol. The van der Waals surface area contributed by atoms with Crippen molar-refractivity contribution in [1.29, 1.82) is 0 Å². The number of rotatable bonds is 6. The number of ether oxygens (including phenoxy) is 1. The molecule has 5 nitrogen and oxygen atoms in total. The van der Waals surface area contributed by atoms with E-state index in [1.54, 1.807) is 19.1 Å². The second kappa shape index (κ2) is 5.67. The van der Waals surface area contributed by atoms with Crippen molar-refractivity contribution in [1.82, 2.24) is 5.32 Å². The molecule has 1 atom stereocenters. The summed E-state index contributed by atoms with van der Waals surface area (Å²) in [5, 5.41) is 11.6. The van der Waals surface area contributed by atoms with Crippen molar-refractivity contribution in [3.63, 3.8) is 0 Å². The maximum absolute atomic E-state index is 12.3. The minimum atomic E-state index is -2.97. The first-order chi connectivity index (χ1) is 9.86. The number of amides is 1. The first kappa shape index (κ1) is 15.2. The molecule has 1 unspecified atom stereocenters. The fraction of sp³-hybridized carbons (Fsp3) is 0.429. The Labute approximate surface area is 119 Å². The average molecular weight is 299 g/mol. The lowest BCUT2D eigenvalue weighted by Crippen LogP contribution is -2.38. The maximum atomic E-state index is 12.3. The van der Waals surface area contributed by atoms with Crippen molar-refractivity contribution < 1.29 is 28.2 Å². The fourth-order valence-electron chi connectivity index (χ4n) is 2.12. The average Bonchev–Trinajstić information content (AvgIpc) is 3.19. The molecule has 1 aliphatic rings. The van der Waals surface area contributed by atoms with Crippen LogP contribution >= 0.6 is 0 Å². The van der Waals surface area contributed by atoms with Gasteiger partial charge >= 0.3 is 12.6 Å². The predicted octanol–water partition coefficient (Wildman–Crippen LogP) is 2.33. The van der Waals surface area contributed by atoms with Crippen LogP contribution in [0, 0.1) is 5.41 Å². The van der Waals surface area contributed by atoms with E-state index in [1.807, 2.05) is 0 Å². The number of nitrogens with one attached hydrogen (secondary N) is 1. The molecule has 1 saturated carbocycles. The normalized spacial score (nSPS) is 17.1. The van der Waals surface area contributed by atoms with Crippen molar-refractivity contribution in [3.05, 3.63) is 29.8 Å². The standard InChI is InChI=1S/C14H15F2NO4/c1-8(17-11(18)14(6-7-14)12(19)20)9-4-2-3-5-10(9)21-13(15)16/h2-5,8,13H,6-7H2,1H3,(H,17,18)(H,19,20). The number of hydrogen-bond acceptors (Lipinski definition) is 3. The van der Waals surface area contributed by atoms with Gasteiger partial charge in [-0.3, -0.25) is 9.59 Å². The van der Waals surface area contributed by atoms with Gasteiger partial charge in [-0.25, -0.2) is 0 Å². The van der Waals surface area contributed by atoms with Crippen LogP contribution in [0.25, 0.3) is 0 Å². The highest BCUT2D eigenvalue weighted by Crippen LogP contribution is 2.46. The Morgan fingerprint density at radius 1 is 1.33 bits per heavy atom. The largest absolute Gasteiger partial charge is 0.480 e. The minimum absolute atomic E-state index is 0.0412. The summed E-state index contributed by atoms with van der Waals surface area (Å²) in [5.74, 6) is -1.81. The first-order valence-electron chi connectivity index (χ1n) is 6.45. The third kappa shape index (κ3) is 3.12. The number of halogens is 2. The molecule has 7 heteroatoms. The number of benzene rings is 1. The number of alkyl halides is 2. The second-order valence-corrected chi connectivity index (χ2v) is 5.00. The van der Waals surface area contributed by atoms with Crippen LogP contribution in [-0.4, -0.2) is 23.6 Å². The lowest BCUT2D eigenvalue weighted by molar-refractivity contribution is -0.149. The first-order valence-corrected chi connectivity index (χ1v) is 6.45. The molecule has 0 aromatic heterocycles. The van der Waals surface area contributed by atoms with Crippen molar-refractivity contribution in [2.24, 2.45) is 5.41 Å². The highest BCUT2D eigenvalue weighted by Gasteiger charge is 2.57. The monoisotopic (exact) mass is 299 g/mol. The Kier molecular flexibility index (Phi) is 4.11. The number of carboxylic acids is 1. The third-order valence-electron chi connectivity index (χ3n) is 3.54. The van der Waals surface area contributed by atoms with Crippen LogP contribution in [0.2, 0.25) is 0 Å². The van der Waals surface area contributed by atoms with E-state index in [-0.39, 0.29) is 18.6 Å². The van der Waals surface area contributed by atoms with Gasteiger partial charge < -0.3 is 15.2 Å². The van der Waals surface area contributed by atoms with Gasteiger partial charge in [0.1, 0.15) is 11.2 Å². The van der Waals surface area contributed by atoms with Crippen LogP contribution < -0.4 is 10.1 Å². The fourth-order valence-corrected chi connectivity index (χ4v) is 2.12. The van der Waals surface area contributed by atoms with E-state index in [1.165, 1.54) is 12.1 Å². The summed E-state index contributed by atoms with van der Waals surface area (Å²) in [6.45, 7) is -1.38. The summed E-state index contributed by atoms with van der Waals surface area (Å²) in [6.07, 6.45) is 0.576. The van der Waals surface area contributed by atoms with Gasteiger partial charge in [0.05, 0.1) is 6.04 Å². The molecule has 114 valence electrons. The van der Waals surface area contributed by atoms with Crippen LogP contribution in [0.3, 0.4) is 0 Å². The molecule has 21 heavy (non-hydrogen) atoms. The Bertz CT molecular complexity index is 558. The summed E-state index contributed by atoms with van der Waals surface area (Å²) in [4.78, 5) is 23.1. The van der Waals surface area contributed by atoms with Crippen molar-refractivity contribution in [2.75, 3.05) is 0 Å². The lowest BCUT2D eigenvalue weighted by Gasteiger charge is -2.20. The van der Waals surface area contributed by atoms with Gasteiger partial charge in [0.25, 0.3) is 0 Å². The van der Waals surface area contributed by atoms with E-state index in [0.29, 0.717) is 5.56 Å². The van der Waals surface area contributed by atoms with Gasteiger partial charge in [-0.2, -0.15) is 8.78 Å². The van der Waals surface area contributed by atoms with Crippen LogP contribution in [0.15, 0.2) is 24.3 Å². The number of para-hydroxylation sites is 1. The van der Waals surface area contributed by atoms with Crippen LogP contribution in [0.1, 0.15) is 31.4 Å². The molecule has 1 amide bonds. The topological polar surface area (TPSA) is 75.6 Å². The van der Waals surface area contributed by atoms with E-state index >= 15 is 0 Å². The van der Waals surface area contributed by atoms with Crippen molar-refractivity contribution in [3.8, 4) is 5.75 Å². The molecule has 0 spiro atoms. The van der Waals surface area contributed by atoms with Gasteiger partial charge in [0.15, 0.2) is 0 Å². The maximum Gasteiger partial charge on any atom is 0.387 e. The molecule has 0 bridgehead atoms. The number of carbonyl (C=O) groups is 2. The highest BCUT2D eigenvalue weighted by molar-refractivity contribution is 6.04. The molecule has 0 aliphatic heterocycles. The number of aliphatic carboxylic acids is 1. The summed E-state index contributed by atoms with van der Waals surface area (Å²) in [6, 6.07) is 5.44. The summed E-state index contributed by atoms with van der Waals surface area (Å²) in [7, 11) is 0. The van der Waals surface area contributed by atoms with E-state index in [9.17, 15) is 18.4 Å². The SMILES string of the molecule is CC(NC(=O)C1(C(=O)O)CC1)c1ccccc1OC(F)F. The van der Waals surface area contributed by atoms with E-state index in [0.717, 1.165) is 0 Å². The molecule has 1 aliphatic carbocycles. The zero-order chi connectivity index (χ0) is 15.6. The van der Waals surface area contributed by atoms with Gasteiger partial charge in [-0.1, -0.05) is 18.2 Å². The Hall–Kier alpha value is -2.18. The van der Waals surface area contributed by atoms with Crippen molar-refractivity contribution in [2.45, 2.75) is 32.4 Å². The quantitative estimate of drug-likeness (QED) is 0.791. The molecule has 2 N–H and O–H groups in total. The summed E-state index contributed by atoms with van der Waals surface area (Å²) in [5.41, 5.74) is -1.00. The van der Waals surface area contributed by atoms with Crippen LogP contribution in [-0.2, 0) is 9.59 Å². The molecule has 1 fully saturated rings. The molecule has 0 heterocycles. The Morgan fingerprint density at radius 2 is 1.95 bits per heavy atom. The Morgan fingerprint density at radius 3 is 2.48 bits per heavy atom. The zero-order valence-corrected chi connectivity index (χ0v) is 11.3.